The summed E-state index contributed by atoms with van der Waals surface area (Å²) in [6, 6.07) is 0. The van der Waals surface area contributed by atoms with Crippen LogP contribution in [0.3, 0.4) is 0 Å². The summed E-state index contributed by atoms with van der Waals surface area (Å²) in [6.45, 7) is 6.02. The van der Waals surface area contributed by atoms with Gasteiger partial charge in [0.25, 0.3) is 0 Å². The van der Waals surface area contributed by atoms with Crippen molar-refractivity contribution >= 4 is 17.2 Å². The standard InChI is InChI=1S/C11H15ClN4/c1-4-9(7(2)12)10-11-15-14-8(3)16(11)6-5-13-10/h5-7,9H,4H2,1-3H3. The second-order valence-electron chi connectivity index (χ2n) is 3.95. The maximum atomic E-state index is 6.19. The fourth-order valence-corrected chi connectivity index (χ4v) is 2.26. The second-order valence-corrected chi connectivity index (χ2v) is 4.63. The highest BCUT2D eigenvalue weighted by atomic mass is 35.5. The second kappa shape index (κ2) is 4.37. The smallest absolute Gasteiger partial charge is 0.182 e. The molecular weight excluding hydrogens is 224 g/mol. The summed E-state index contributed by atoms with van der Waals surface area (Å²) in [5, 5.41) is 8.27. The van der Waals surface area contributed by atoms with E-state index in [2.05, 4.69) is 22.1 Å². The van der Waals surface area contributed by atoms with Crippen molar-refractivity contribution in [2.24, 2.45) is 0 Å². The van der Waals surface area contributed by atoms with Crippen LogP contribution in [0.15, 0.2) is 12.4 Å². The number of alkyl halides is 1. The third kappa shape index (κ3) is 1.78. The summed E-state index contributed by atoms with van der Waals surface area (Å²) in [7, 11) is 0. The molecule has 0 bridgehead atoms. The molecule has 16 heavy (non-hydrogen) atoms. The molecule has 2 aromatic rings. The van der Waals surface area contributed by atoms with E-state index in [9.17, 15) is 0 Å². The average molecular weight is 239 g/mol. The molecule has 2 heterocycles. The number of hydrogen-bond donors (Lipinski definition) is 0. The lowest BCUT2D eigenvalue weighted by Gasteiger charge is -2.16. The van der Waals surface area contributed by atoms with Crippen LogP contribution < -0.4 is 0 Å². The monoisotopic (exact) mass is 238 g/mol. The van der Waals surface area contributed by atoms with E-state index < -0.39 is 0 Å². The number of fused-ring (bicyclic) bond motifs is 1. The minimum Gasteiger partial charge on any atom is -0.284 e. The molecule has 0 radical (unpaired) electrons. The van der Waals surface area contributed by atoms with Crippen LogP contribution in [-0.2, 0) is 0 Å². The van der Waals surface area contributed by atoms with Gasteiger partial charge in [-0.25, -0.2) is 0 Å². The van der Waals surface area contributed by atoms with Gasteiger partial charge in [0.15, 0.2) is 5.65 Å². The first-order valence-electron chi connectivity index (χ1n) is 5.45. The van der Waals surface area contributed by atoms with Crippen molar-refractivity contribution in [3.63, 3.8) is 0 Å². The normalized spacial score (nSPS) is 15.2. The average Bonchev–Trinajstić information content (AvgIpc) is 2.62. The predicted octanol–water partition coefficient (Wildman–Crippen LogP) is 2.55. The maximum Gasteiger partial charge on any atom is 0.182 e. The Morgan fingerprint density at radius 1 is 1.44 bits per heavy atom. The number of halogens is 1. The lowest BCUT2D eigenvalue weighted by atomic mass is 9.99. The molecule has 2 aromatic heterocycles. The topological polar surface area (TPSA) is 43.1 Å². The van der Waals surface area contributed by atoms with E-state index in [1.54, 1.807) is 6.20 Å². The van der Waals surface area contributed by atoms with Gasteiger partial charge in [-0.1, -0.05) is 6.92 Å². The largest absolute Gasteiger partial charge is 0.284 e. The Balaban J connectivity index is 2.59. The quantitative estimate of drug-likeness (QED) is 0.772. The van der Waals surface area contributed by atoms with Crippen molar-refractivity contribution in [2.45, 2.75) is 38.5 Å². The molecule has 0 aliphatic heterocycles. The molecule has 2 atom stereocenters. The number of aryl methyl sites for hydroxylation is 1. The highest BCUT2D eigenvalue weighted by Gasteiger charge is 2.21. The first kappa shape index (κ1) is 11.3. The van der Waals surface area contributed by atoms with Crippen molar-refractivity contribution < 1.29 is 0 Å². The summed E-state index contributed by atoms with van der Waals surface area (Å²) < 4.78 is 1.95. The molecule has 0 fully saturated rings. The van der Waals surface area contributed by atoms with E-state index in [4.69, 9.17) is 11.6 Å². The molecular formula is C11H15ClN4. The van der Waals surface area contributed by atoms with Gasteiger partial charge in [0.1, 0.15) is 5.82 Å². The van der Waals surface area contributed by atoms with E-state index in [-0.39, 0.29) is 11.3 Å². The van der Waals surface area contributed by atoms with E-state index in [0.29, 0.717) is 0 Å². The summed E-state index contributed by atoms with van der Waals surface area (Å²) in [5.41, 5.74) is 1.76. The Hall–Kier alpha value is -1.16. The summed E-state index contributed by atoms with van der Waals surface area (Å²) in [5.74, 6) is 1.09. The zero-order valence-corrected chi connectivity index (χ0v) is 10.4. The van der Waals surface area contributed by atoms with Crippen LogP contribution in [0.2, 0.25) is 0 Å². The van der Waals surface area contributed by atoms with Crippen LogP contribution in [0, 0.1) is 6.92 Å². The molecule has 4 nitrogen and oxygen atoms in total. The number of aromatic nitrogens is 4. The van der Waals surface area contributed by atoms with E-state index in [0.717, 1.165) is 23.6 Å². The molecule has 0 saturated heterocycles. The SMILES string of the molecule is CCC(c1nccn2c(C)nnc12)C(C)Cl. The van der Waals surface area contributed by atoms with Gasteiger partial charge >= 0.3 is 0 Å². The molecule has 0 saturated carbocycles. The van der Waals surface area contributed by atoms with E-state index >= 15 is 0 Å². The van der Waals surface area contributed by atoms with Gasteiger partial charge < -0.3 is 0 Å². The zero-order chi connectivity index (χ0) is 11.7. The van der Waals surface area contributed by atoms with Gasteiger partial charge in [-0.15, -0.1) is 21.8 Å². The van der Waals surface area contributed by atoms with E-state index in [1.165, 1.54) is 0 Å². The number of nitrogens with zero attached hydrogens (tertiary/aromatic N) is 4. The number of rotatable bonds is 3. The van der Waals surface area contributed by atoms with Crippen molar-refractivity contribution in [3.05, 3.63) is 23.9 Å². The van der Waals surface area contributed by atoms with Crippen molar-refractivity contribution in [2.75, 3.05) is 0 Å². The van der Waals surface area contributed by atoms with E-state index in [1.807, 2.05) is 24.4 Å². The van der Waals surface area contributed by atoms with Gasteiger partial charge in [0, 0.05) is 23.7 Å². The van der Waals surface area contributed by atoms with Crippen molar-refractivity contribution in [3.8, 4) is 0 Å². The van der Waals surface area contributed by atoms with Crippen LogP contribution in [-0.4, -0.2) is 25.0 Å². The van der Waals surface area contributed by atoms with Crippen molar-refractivity contribution in [1.82, 2.24) is 19.6 Å². The van der Waals surface area contributed by atoms with Crippen LogP contribution in [0.1, 0.15) is 37.7 Å². The molecule has 0 aliphatic rings. The Labute approximate surface area is 99.7 Å². The van der Waals surface area contributed by atoms with Gasteiger partial charge in [0.05, 0.1) is 5.69 Å². The molecule has 0 aliphatic carbocycles. The summed E-state index contributed by atoms with van der Waals surface area (Å²) >= 11 is 6.19. The minimum atomic E-state index is 0.0423. The highest BCUT2D eigenvalue weighted by Crippen LogP contribution is 2.27. The molecule has 2 unspecified atom stereocenters. The first-order chi connectivity index (χ1) is 7.65. The third-order valence-electron chi connectivity index (χ3n) is 2.87. The summed E-state index contributed by atoms with van der Waals surface area (Å²) in [4.78, 5) is 4.40. The molecule has 0 spiro atoms. The van der Waals surface area contributed by atoms with Crippen molar-refractivity contribution in [1.29, 1.82) is 0 Å². The molecule has 86 valence electrons. The molecule has 0 aromatic carbocycles. The van der Waals surface area contributed by atoms with Gasteiger partial charge in [0.2, 0.25) is 0 Å². The lowest BCUT2D eigenvalue weighted by molar-refractivity contribution is 0.630. The first-order valence-corrected chi connectivity index (χ1v) is 5.89. The lowest BCUT2D eigenvalue weighted by Crippen LogP contribution is -2.12. The zero-order valence-electron chi connectivity index (χ0n) is 9.68. The Morgan fingerprint density at radius 2 is 2.19 bits per heavy atom. The Bertz CT molecular complexity index is 492. The maximum absolute atomic E-state index is 6.19. The number of hydrogen-bond acceptors (Lipinski definition) is 3. The molecule has 0 N–H and O–H groups in total. The van der Waals surface area contributed by atoms with Gasteiger partial charge in [-0.3, -0.25) is 9.38 Å². The fourth-order valence-electron chi connectivity index (χ4n) is 1.96. The molecule has 0 amide bonds. The fraction of sp³-hybridized carbons (Fsp3) is 0.545. The van der Waals surface area contributed by atoms with Crippen LogP contribution >= 0.6 is 11.6 Å². The minimum absolute atomic E-state index is 0.0423. The van der Waals surface area contributed by atoms with Gasteiger partial charge in [-0.2, -0.15) is 0 Å². The van der Waals surface area contributed by atoms with Crippen LogP contribution in [0.5, 0.6) is 0 Å². The molecule has 5 heteroatoms. The highest BCUT2D eigenvalue weighted by molar-refractivity contribution is 6.20. The van der Waals surface area contributed by atoms with Crippen LogP contribution in [0.25, 0.3) is 5.65 Å². The molecule has 2 rings (SSSR count). The van der Waals surface area contributed by atoms with Gasteiger partial charge in [-0.05, 0) is 20.3 Å². The Kier molecular flexibility index (Phi) is 3.10. The van der Waals surface area contributed by atoms with Crippen LogP contribution in [0.4, 0.5) is 0 Å². The predicted molar refractivity (Wildman–Crippen MR) is 63.9 cm³/mol. The Morgan fingerprint density at radius 3 is 2.81 bits per heavy atom. The summed E-state index contributed by atoms with van der Waals surface area (Å²) in [6.07, 6.45) is 4.60. The third-order valence-corrected chi connectivity index (χ3v) is 3.17.